The summed E-state index contributed by atoms with van der Waals surface area (Å²) in [6.07, 6.45) is 4.14. The van der Waals surface area contributed by atoms with E-state index >= 15 is 0 Å². The zero-order valence-corrected chi connectivity index (χ0v) is 15.9. The lowest BCUT2D eigenvalue weighted by Crippen LogP contribution is -2.19. The number of rotatable bonds is 3. The largest absolute Gasteiger partial charge is 0.441 e. The second-order valence-electron chi connectivity index (χ2n) is 6.24. The Morgan fingerprint density at radius 3 is 2.88 bits per heavy atom. The molecule has 0 atom stereocenters. The van der Waals surface area contributed by atoms with Gasteiger partial charge in [0, 0.05) is 30.3 Å². The van der Waals surface area contributed by atoms with E-state index in [0.29, 0.717) is 20.9 Å². The molecule has 2 aliphatic rings. The molecule has 0 radical (unpaired) electrons. The van der Waals surface area contributed by atoms with Crippen LogP contribution in [0.3, 0.4) is 0 Å². The number of thioether (sulfide) groups is 1. The van der Waals surface area contributed by atoms with Crippen molar-refractivity contribution < 1.29 is 9.21 Å². The van der Waals surface area contributed by atoms with Crippen LogP contribution in [-0.4, -0.2) is 24.2 Å². The van der Waals surface area contributed by atoms with Crippen LogP contribution >= 0.6 is 23.4 Å². The Hall–Kier alpha value is -2.18. The molecule has 26 heavy (non-hydrogen) atoms. The fourth-order valence-corrected chi connectivity index (χ4v) is 3.95. The van der Waals surface area contributed by atoms with Crippen LogP contribution < -0.4 is 10.2 Å². The van der Waals surface area contributed by atoms with E-state index in [9.17, 15) is 4.79 Å². The molecule has 1 amide bonds. The zero-order chi connectivity index (χ0) is 18.1. The minimum Gasteiger partial charge on any atom is -0.441 e. The predicted octanol–water partition coefficient (Wildman–Crippen LogP) is 4.73. The summed E-state index contributed by atoms with van der Waals surface area (Å²) in [5.41, 5.74) is 1.63. The fraction of sp³-hybridized carbons (Fsp3) is 0.263. The van der Waals surface area contributed by atoms with E-state index in [1.54, 1.807) is 6.08 Å². The van der Waals surface area contributed by atoms with Crippen molar-refractivity contribution in [2.24, 2.45) is 4.99 Å². The summed E-state index contributed by atoms with van der Waals surface area (Å²) in [4.78, 5) is 19.5. The zero-order valence-electron chi connectivity index (χ0n) is 14.3. The highest BCUT2D eigenvalue weighted by molar-refractivity contribution is 8.18. The number of benzene rings is 1. The maximum atomic E-state index is 12.2. The van der Waals surface area contributed by atoms with Crippen LogP contribution in [0.25, 0.3) is 6.08 Å². The molecule has 0 saturated carbocycles. The van der Waals surface area contributed by atoms with E-state index in [4.69, 9.17) is 16.0 Å². The van der Waals surface area contributed by atoms with Crippen molar-refractivity contribution in [2.45, 2.75) is 19.8 Å². The number of furan rings is 1. The van der Waals surface area contributed by atoms with Gasteiger partial charge in [0.1, 0.15) is 5.76 Å². The normalized spacial score (nSPS) is 20.4. The Morgan fingerprint density at radius 1 is 1.27 bits per heavy atom. The first-order valence-electron chi connectivity index (χ1n) is 8.49. The maximum absolute atomic E-state index is 12.2. The Balaban J connectivity index is 1.53. The molecule has 0 spiro atoms. The smallest absolute Gasteiger partial charge is 0.264 e. The van der Waals surface area contributed by atoms with Crippen LogP contribution in [0.2, 0.25) is 5.02 Å². The average molecular weight is 388 g/mol. The van der Waals surface area contributed by atoms with Gasteiger partial charge in [0.2, 0.25) is 0 Å². The summed E-state index contributed by atoms with van der Waals surface area (Å²) in [5.74, 6) is 1.36. The van der Waals surface area contributed by atoms with Gasteiger partial charge in [0.25, 0.3) is 5.91 Å². The van der Waals surface area contributed by atoms with Crippen molar-refractivity contribution in [3.8, 4) is 0 Å². The van der Waals surface area contributed by atoms with E-state index in [-0.39, 0.29) is 5.91 Å². The Labute approximate surface area is 161 Å². The number of hydrogen-bond donors (Lipinski definition) is 1. The van der Waals surface area contributed by atoms with Gasteiger partial charge in [-0.1, -0.05) is 17.7 Å². The van der Waals surface area contributed by atoms with Crippen molar-refractivity contribution in [3.63, 3.8) is 0 Å². The first-order valence-corrected chi connectivity index (χ1v) is 9.69. The van der Waals surface area contributed by atoms with Crippen LogP contribution in [0, 0.1) is 6.92 Å². The van der Waals surface area contributed by atoms with Gasteiger partial charge in [0.15, 0.2) is 11.1 Å². The highest BCUT2D eigenvalue weighted by Gasteiger charge is 2.25. The molecule has 2 saturated heterocycles. The lowest BCUT2D eigenvalue weighted by atomic mass is 10.2. The molecule has 134 valence electrons. The topological polar surface area (TPSA) is 57.8 Å². The van der Waals surface area contributed by atoms with Crippen LogP contribution in [0.15, 0.2) is 44.6 Å². The molecular weight excluding hydrogens is 370 g/mol. The molecule has 1 aromatic heterocycles. The molecule has 5 nitrogen and oxygen atoms in total. The lowest BCUT2D eigenvalue weighted by molar-refractivity contribution is -0.115. The highest BCUT2D eigenvalue weighted by Crippen LogP contribution is 2.32. The number of halogens is 1. The number of hydrogen-bond acceptors (Lipinski definition) is 5. The van der Waals surface area contributed by atoms with Gasteiger partial charge in [-0.05, 0) is 55.3 Å². The number of amides is 1. The molecule has 1 N–H and O–H groups in total. The molecule has 2 aliphatic heterocycles. The number of amidine groups is 1. The molecule has 0 unspecified atom stereocenters. The van der Waals surface area contributed by atoms with Crippen molar-refractivity contribution in [2.75, 3.05) is 18.0 Å². The quantitative estimate of drug-likeness (QED) is 0.773. The lowest BCUT2D eigenvalue weighted by Gasteiger charge is -2.12. The number of anilines is 1. The molecule has 1 aromatic carbocycles. The number of nitrogens with zero attached hydrogens (tertiary/aromatic N) is 2. The first kappa shape index (κ1) is 17.2. The second-order valence-corrected chi connectivity index (χ2v) is 7.67. The number of carbonyl (C=O) groups is 1. The van der Waals surface area contributed by atoms with E-state index in [0.717, 1.165) is 30.2 Å². The van der Waals surface area contributed by atoms with Crippen LogP contribution in [-0.2, 0) is 4.79 Å². The van der Waals surface area contributed by atoms with Gasteiger partial charge >= 0.3 is 0 Å². The second kappa shape index (κ2) is 7.21. The Kier molecular flexibility index (Phi) is 4.78. The summed E-state index contributed by atoms with van der Waals surface area (Å²) in [6, 6.07) is 9.39. The van der Waals surface area contributed by atoms with Crippen molar-refractivity contribution in [3.05, 3.63) is 51.6 Å². The highest BCUT2D eigenvalue weighted by atomic mass is 35.5. The predicted molar refractivity (Wildman–Crippen MR) is 107 cm³/mol. The minimum atomic E-state index is -0.174. The third-order valence-corrected chi connectivity index (χ3v) is 5.73. The van der Waals surface area contributed by atoms with Gasteiger partial charge in [-0.25, -0.2) is 4.99 Å². The molecule has 2 fully saturated rings. The van der Waals surface area contributed by atoms with Crippen molar-refractivity contribution >= 4 is 52.1 Å². The fourth-order valence-electron chi connectivity index (χ4n) is 2.96. The molecule has 2 aromatic rings. The molecule has 4 rings (SSSR count). The van der Waals surface area contributed by atoms with E-state index < -0.39 is 0 Å². The van der Waals surface area contributed by atoms with Gasteiger partial charge < -0.3 is 14.6 Å². The molecule has 3 heterocycles. The van der Waals surface area contributed by atoms with Crippen molar-refractivity contribution in [1.29, 1.82) is 0 Å². The van der Waals surface area contributed by atoms with Gasteiger partial charge in [-0.15, -0.1) is 0 Å². The molecule has 0 aliphatic carbocycles. The standard InChI is InChI=1S/C19H18ClN3O2S/c1-12-14(20)5-4-6-15(12)21-19-22-18(24)16(26-19)11-13-7-8-17(25-13)23-9-2-3-10-23/h4-8,11H,2-3,9-10H2,1H3,(H,21,22,24). The summed E-state index contributed by atoms with van der Waals surface area (Å²) < 4.78 is 5.87. The Morgan fingerprint density at radius 2 is 2.08 bits per heavy atom. The molecule has 0 bridgehead atoms. The molecule has 7 heteroatoms. The molecular formula is C19H18ClN3O2S. The monoisotopic (exact) mass is 387 g/mol. The maximum Gasteiger partial charge on any atom is 0.264 e. The van der Waals surface area contributed by atoms with E-state index in [1.165, 1.54) is 24.6 Å². The number of carbonyl (C=O) groups excluding carboxylic acids is 1. The van der Waals surface area contributed by atoms with Gasteiger partial charge in [0.05, 0.1) is 10.6 Å². The van der Waals surface area contributed by atoms with E-state index in [1.807, 2.05) is 37.3 Å². The number of aliphatic imine (C=N–C) groups is 1. The summed E-state index contributed by atoms with van der Waals surface area (Å²) >= 11 is 7.43. The van der Waals surface area contributed by atoms with Gasteiger partial charge in [-0.3, -0.25) is 4.79 Å². The summed E-state index contributed by atoms with van der Waals surface area (Å²) in [5, 5.41) is 3.99. The average Bonchev–Trinajstić information content (AvgIpc) is 3.34. The third kappa shape index (κ3) is 3.52. The first-order chi connectivity index (χ1) is 12.6. The Bertz CT molecular complexity index is 913. The van der Waals surface area contributed by atoms with Crippen LogP contribution in [0.5, 0.6) is 0 Å². The minimum absolute atomic E-state index is 0.174. The summed E-state index contributed by atoms with van der Waals surface area (Å²) in [7, 11) is 0. The summed E-state index contributed by atoms with van der Waals surface area (Å²) in [6.45, 7) is 3.95. The van der Waals surface area contributed by atoms with Crippen LogP contribution in [0.1, 0.15) is 24.2 Å². The third-order valence-electron chi connectivity index (χ3n) is 4.42. The SMILES string of the molecule is Cc1c(Cl)cccc1N=C1NC(=O)C(=Cc2ccc(N3CCCC3)o2)S1. The van der Waals surface area contributed by atoms with Crippen molar-refractivity contribution in [1.82, 2.24) is 5.32 Å². The van der Waals surface area contributed by atoms with Crippen LogP contribution in [0.4, 0.5) is 11.6 Å². The van der Waals surface area contributed by atoms with Gasteiger partial charge in [-0.2, -0.15) is 0 Å². The van der Waals surface area contributed by atoms with E-state index in [2.05, 4.69) is 15.2 Å². The number of nitrogens with one attached hydrogen (secondary N) is 1.